The average molecular weight is 164 g/mol. The number of carbonyl (C=O) groups is 1. The molecule has 1 aromatic rings. The molecule has 1 heterocycles. The first-order valence-corrected chi connectivity index (χ1v) is 2.24. The molecule has 6 heteroatoms. The fourth-order valence-corrected chi connectivity index (χ4v) is 0.447. The van der Waals surface area contributed by atoms with E-state index in [-0.39, 0.29) is 23.9 Å². The fraction of sp³-hybridized carbons (Fsp3) is 0. The molecule has 0 saturated carbocycles. The first-order valence-electron chi connectivity index (χ1n) is 2.24. The van der Waals surface area contributed by atoms with Crippen molar-refractivity contribution >= 4 is 24.2 Å². The Morgan fingerprint density at radius 1 is 1.80 bits per heavy atom. The molecule has 0 radical (unpaired) electrons. The SMILES string of the molecule is Cl.Nc1cc(C(=O)O)[nH]n1. The minimum Gasteiger partial charge on any atom is -0.477 e. The zero-order valence-corrected chi connectivity index (χ0v) is 5.68. The molecular weight excluding hydrogens is 158 g/mol. The third-order valence-corrected chi connectivity index (χ3v) is 0.828. The van der Waals surface area contributed by atoms with Crippen LogP contribution in [0.15, 0.2) is 6.07 Å². The van der Waals surface area contributed by atoms with Crippen LogP contribution in [0, 0.1) is 0 Å². The number of aromatic carboxylic acids is 1. The van der Waals surface area contributed by atoms with Gasteiger partial charge in [-0.25, -0.2) is 4.79 Å². The van der Waals surface area contributed by atoms with Gasteiger partial charge in [-0.15, -0.1) is 12.4 Å². The molecule has 5 nitrogen and oxygen atoms in total. The van der Waals surface area contributed by atoms with Crippen LogP contribution in [0.1, 0.15) is 10.5 Å². The molecular formula is C4H6ClN3O2. The van der Waals surface area contributed by atoms with Crippen molar-refractivity contribution in [1.82, 2.24) is 10.2 Å². The van der Waals surface area contributed by atoms with Gasteiger partial charge in [0.2, 0.25) is 0 Å². The lowest BCUT2D eigenvalue weighted by Gasteiger charge is -1.79. The van der Waals surface area contributed by atoms with Crippen LogP contribution >= 0.6 is 12.4 Å². The van der Waals surface area contributed by atoms with E-state index in [0.717, 1.165) is 0 Å². The van der Waals surface area contributed by atoms with E-state index in [1.54, 1.807) is 0 Å². The van der Waals surface area contributed by atoms with Crippen molar-refractivity contribution in [2.45, 2.75) is 0 Å². The van der Waals surface area contributed by atoms with Gasteiger partial charge in [-0.3, -0.25) is 5.10 Å². The summed E-state index contributed by atoms with van der Waals surface area (Å²) in [4.78, 5) is 10.1. The standard InChI is InChI=1S/C4H5N3O2.ClH/c5-3-1-2(4(8)9)6-7-3;/h1H,(H,8,9)(H3,5,6,7);1H. The Bertz CT molecular complexity index is 234. The van der Waals surface area contributed by atoms with Gasteiger partial charge in [0.15, 0.2) is 0 Å². The van der Waals surface area contributed by atoms with Gasteiger partial charge < -0.3 is 10.8 Å². The first kappa shape index (κ1) is 8.77. The second kappa shape index (κ2) is 3.07. The van der Waals surface area contributed by atoms with Crippen LogP contribution in [0.2, 0.25) is 0 Å². The number of H-pyrrole nitrogens is 1. The number of carboxylic acid groups (broad SMARTS) is 1. The molecule has 0 amide bonds. The van der Waals surface area contributed by atoms with Gasteiger partial charge in [-0.2, -0.15) is 5.10 Å². The molecule has 0 aliphatic carbocycles. The summed E-state index contributed by atoms with van der Waals surface area (Å²) in [6.45, 7) is 0. The summed E-state index contributed by atoms with van der Waals surface area (Å²) in [5, 5.41) is 13.9. The van der Waals surface area contributed by atoms with E-state index >= 15 is 0 Å². The second-order valence-electron chi connectivity index (χ2n) is 1.51. The lowest BCUT2D eigenvalue weighted by atomic mass is 10.4. The van der Waals surface area contributed by atoms with Crippen molar-refractivity contribution in [3.8, 4) is 0 Å². The molecule has 0 fully saturated rings. The number of aromatic nitrogens is 2. The van der Waals surface area contributed by atoms with Crippen molar-refractivity contribution in [1.29, 1.82) is 0 Å². The molecule has 0 aliphatic rings. The minimum absolute atomic E-state index is 0. The van der Waals surface area contributed by atoms with Crippen LogP contribution in [0.25, 0.3) is 0 Å². The summed E-state index contributed by atoms with van der Waals surface area (Å²) in [5.41, 5.74) is 5.12. The molecule has 4 N–H and O–H groups in total. The van der Waals surface area contributed by atoms with E-state index in [1.807, 2.05) is 0 Å². The number of anilines is 1. The fourth-order valence-electron chi connectivity index (χ4n) is 0.447. The van der Waals surface area contributed by atoms with Crippen LogP contribution < -0.4 is 5.73 Å². The van der Waals surface area contributed by atoms with Gasteiger partial charge in [0, 0.05) is 6.07 Å². The molecule has 1 aromatic heterocycles. The molecule has 0 unspecified atom stereocenters. The van der Waals surface area contributed by atoms with Crippen LogP contribution in [0.3, 0.4) is 0 Å². The predicted octanol–water partition coefficient (Wildman–Crippen LogP) is 0.112. The molecule has 0 spiro atoms. The number of nitrogens with one attached hydrogen (secondary N) is 1. The Morgan fingerprint density at radius 3 is 2.60 bits per heavy atom. The average Bonchev–Trinajstić information content (AvgIpc) is 2.14. The highest BCUT2D eigenvalue weighted by molar-refractivity contribution is 5.86. The number of hydrogen-bond acceptors (Lipinski definition) is 3. The predicted molar refractivity (Wildman–Crippen MR) is 37.2 cm³/mol. The molecule has 0 saturated heterocycles. The molecule has 10 heavy (non-hydrogen) atoms. The van der Waals surface area contributed by atoms with E-state index in [1.165, 1.54) is 6.07 Å². The number of nitrogens with two attached hydrogens (primary N) is 1. The quantitative estimate of drug-likeness (QED) is 0.548. The number of nitrogen functional groups attached to an aromatic ring is 1. The van der Waals surface area contributed by atoms with Gasteiger partial charge in [0.05, 0.1) is 0 Å². The van der Waals surface area contributed by atoms with E-state index in [4.69, 9.17) is 10.8 Å². The van der Waals surface area contributed by atoms with Crippen molar-refractivity contribution in [2.24, 2.45) is 0 Å². The zero-order valence-electron chi connectivity index (χ0n) is 4.87. The molecule has 56 valence electrons. The molecule has 0 bridgehead atoms. The van der Waals surface area contributed by atoms with E-state index in [2.05, 4.69) is 10.2 Å². The molecule has 1 rings (SSSR count). The molecule has 0 atom stereocenters. The van der Waals surface area contributed by atoms with Gasteiger partial charge >= 0.3 is 5.97 Å². The zero-order chi connectivity index (χ0) is 6.85. The number of halogens is 1. The first-order chi connectivity index (χ1) is 4.20. The van der Waals surface area contributed by atoms with Crippen LogP contribution in [0.5, 0.6) is 0 Å². The third kappa shape index (κ3) is 1.63. The highest BCUT2D eigenvalue weighted by atomic mass is 35.5. The number of rotatable bonds is 1. The van der Waals surface area contributed by atoms with E-state index in [9.17, 15) is 4.79 Å². The van der Waals surface area contributed by atoms with Crippen molar-refractivity contribution < 1.29 is 9.90 Å². The Kier molecular flexibility index (Phi) is 2.69. The third-order valence-electron chi connectivity index (χ3n) is 0.828. The van der Waals surface area contributed by atoms with Crippen LogP contribution in [-0.2, 0) is 0 Å². The maximum Gasteiger partial charge on any atom is 0.353 e. The molecule has 0 aromatic carbocycles. The van der Waals surface area contributed by atoms with Gasteiger partial charge in [0.1, 0.15) is 11.5 Å². The topological polar surface area (TPSA) is 92.0 Å². The number of hydrogen-bond donors (Lipinski definition) is 3. The summed E-state index contributed by atoms with van der Waals surface area (Å²) in [6.07, 6.45) is 0. The van der Waals surface area contributed by atoms with Gasteiger partial charge in [-0.1, -0.05) is 0 Å². The summed E-state index contributed by atoms with van der Waals surface area (Å²) in [7, 11) is 0. The monoisotopic (exact) mass is 163 g/mol. The Balaban J connectivity index is 0.000000810. The lowest BCUT2D eigenvalue weighted by molar-refractivity contribution is 0.0690. The highest BCUT2D eigenvalue weighted by Crippen LogP contribution is 1.98. The lowest BCUT2D eigenvalue weighted by Crippen LogP contribution is -1.95. The number of nitrogens with zero attached hydrogens (tertiary/aromatic N) is 1. The summed E-state index contributed by atoms with van der Waals surface area (Å²) in [6, 6.07) is 1.25. The number of aromatic amines is 1. The van der Waals surface area contributed by atoms with Gasteiger partial charge in [-0.05, 0) is 0 Å². The van der Waals surface area contributed by atoms with Gasteiger partial charge in [0.25, 0.3) is 0 Å². The van der Waals surface area contributed by atoms with Crippen molar-refractivity contribution in [3.05, 3.63) is 11.8 Å². The maximum atomic E-state index is 10.1. The Hall–Kier alpha value is -1.23. The second-order valence-corrected chi connectivity index (χ2v) is 1.51. The summed E-state index contributed by atoms with van der Waals surface area (Å²) in [5.74, 6) is -0.869. The van der Waals surface area contributed by atoms with Crippen molar-refractivity contribution in [2.75, 3.05) is 5.73 Å². The normalized spacial score (nSPS) is 8.40. The van der Waals surface area contributed by atoms with Crippen LogP contribution in [0.4, 0.5) is 5.82 Å². The maximum absolute atomic E-state index is 10.1. The smallest absolute Gasteiger partial charge is 0.353 e. The molecule has 0 aliphatic heterocycles. The van der Waals surface area contributed by atoms with E-state index in [0.29, 0.717) is 0 Å². The number of carboxylic acids is 1. The van der Waals surface area contributed by atoms with Crippen LogP contribution in [-0.4, -0.2) is 21.3 Å². The minimum atomic E-state index is -1.06. The Labute approximate surface area is 62.6 Å². The Morgan fingerprint density at radius 2 is 2.40 bits per heavy atom. The van der Waals surface area contributed by atoms with Crippen molar-refractivity contribution in [3.63, 3.8) is 0 Å². The summed E-state index contributed by atoms with van der Waals surface area (Å²) < 4.78 is 0. The summed E-state index contributed by atoms with van der Waals surface area (Å²) >= 11 is 0. The van der Waals surface area contributed by atoms with E-state index < -0.39 is 5.97 Å². The largest absolute Gasteiger partial charge is 0.477 e. The highest BCUT2D eigenvalue weighted by Gasteiger charge is 2.03.